The summed E-state index contributed by atoms with van der Waals surface area (Å²) in [7, 11) is 0. The molecule has 0 aliphatic carbocycles. The highest BCUT2D eigenvalue weighted by atomic mass is 16.3. The van der Waals surface area contributed by atoms with E-state index in [0.29, 0.717) is 6.54 Å². The van der Waals surface area contributed by atoms with Gasteiger partial charge in [0.15, 0.2) is 0 Å². The molecule has 0 heterocycles. The van der Waals surface area contributed by atoms with E-state index in [2.05, 4.69) is 24.5 Å². The fourth-order valence-electron chi connectivity index (χ4n) is 1.93. The van der Waals surface area contributed by atoms with Gasteiger partial charge >= 0.3 is 0 Å². The van der Waals surface area contributed by atoms with Gasteiger partial charge in [-0.25, -0.2) is 0 Å². The summed E-state index contributed by atoms with van der Waals surface area (Å²) < 4.78 is 0. The van der Waals surface area contributed by atoms with Gasteiger partial charge in [-0.2, -0.15) is 0 Å². The molecule has 0 saturated carbocycles. The minimum Gasteiger partial charge on any atom is -0.387 e. The summed E-state index contributed by atoms with van der Waals surface area (Å²) in [6, 6.07) is 4.14. The fourth-order valence-corrected chi connectivity index (χ4v) is 1.93. The highest BCUT2D eigenvalue weighted by Gasteiger charge is 2.12. The van der Waals surface area contributed by atoms with Crippen molar-refractivity contribution in [1.29, 1.82) is 0 Å². The Morgan fingerprint density at radius 1 is 1.29 bits per heavy atom. The monoisotopic (exact) mass is 194 g/mol. The van der Waals surface area contributed by atoms with Gasteiger partial charge in [0.1, 0.15) is 0 Å². The minimum absolute atomic E-state index is 0.380. The van der Waals surface area contributed by atoms with Gasteiger partial charge in [-0.1, -0.05) is 17.7 Å². The fraction of sp³-hybridized carbons (Fsp3) is 0.455. The minimum atomic E-state index is -0.527. The topological polar surface area (TPSA) is 58.3 Å². The summed E-state index contributed by atoms with van der Waals surface area (Å²) >= 11 is 0. The Morgan fingerprint density at radius 2 is 1.79 bits per heavy atom. The molecular formula is C11H18N2O. The van der Waals surface area contributed by atoms with Crippen LogP contribution in [0.2, 0.25) is 0 Å². The second-order valence-electron chi connectivity index (χ2n) is 3.74. The molecule has 1 unspecified atom stereocenters. The number of nitrogens with one attached hydrogen (secondary N) is 1. The van der Waals surface area contributed by atoms with Crippen molar-refractivity contribution < 1.29 is 5.11 Å². The predicted octanol–water partition coefficient (Wildman–Crippen LogP) is 1.11. The highest BCUT2D eigenvalue weighted by molar-refractivity contribution is 5.39. The lowest BCUT2D eigenvalue weighted by molar-refractivity contribution is 0.174. The molecule has 0 bridgehead atoms. The standard InChI is InChI=1S/C11H18N2O/c1-7-4-8(2)11(9(3)5-7)10(14)6-13-12/h4-5,10,13-14H,6,12H2,1-3H3. The summed E-state index contributed by atoms with van der Waals surface area (Å²) in [5, 5.41) is 9.83. The second-order valence-corrected chi connectivity index (χ2v) is 3.74. The van der Waals surface area contributed by atoms with Crippen molar-refractivity contribution in [2.75, 3.05) is 6.54 Å². The molecule has 0 amide bonds. The molecule has 0 aliphatic heterocycles. The van der Waals surface area contributed by atoms with E-state index in [1.165, 1.54) is 5.56 Å². The van der Waals surface area contributed by atoms with Gasteiger partial charge in [0, 0.05) is 6.54 Å². The Morgan fingerprint density at radius 3 is 2.21 bits per heavy atom. The first kappa shape index (κ1) is 11.2. The molecule has 1 atom stereocenters. The number of nitrogens with two attached hydrogens (primary N) is 1. The van der Waals surface area contributed by atoms with Crippen molar-refractivity contribution in [3.05, 3.63) is 34.4 Å². The number of hydrogen-bond acceptors (Lipinski definition) is 3. The zero-order valence-corrected chi connectivity index (χ0v) is 8.96. The average Bonchev–Trinajstić information content (AvgIpc) is 2.01. The molecule has 0 radical (unpaired) electrons. The van der Waals surface area contributed by atoms with Crippen LogP contribution in [0.3, 0.4) is 0 Å². The van der Waals surface area contributed by atoms with Crippen LogP contribution in [0.5, 0.6) is 0 Å². The second kappa shape index (κ2) is 4.55. The van der Waals surface area contributed by atoms with Crippen LogP contribution in [0, 0.1) is 20.8 Å². The van der Waals surface area contributed by atoms with Crippen LogP contribution < -0.4 is 11.3 Å². The Kier molecular flexibility index (Phi) is 3.63. The third-order valence-electron chi connectivity index (χ3n) is 2.38. The molecule has 0 saturated heterocycles. The van der Waals surface area contributed by atoms with Gasteiger partial charge < -0.3 is 5.11 Å². The molecule has 3 nitrogen and oxygen atoms in total. The smallest absolute Gasteiger partial charge is 0.0933 e. The van der Waals surface area contributed by atoms with E-state index in [4.69, 9.17) is 5.84 Å². The number of benzene rings is 1. The third-order valence-corrected chi connectivity index (χ3v) is 2.38. The van der Waals surface area contributed by atoms with Crippen molar-refractivity contribution >= 4 is 0 Å². The summed E-state index contributed by atoms with van der Waals surface area (Å²) in [6.45, 7) is 6.45. The lowest BCUT2D eigenvalue weighted by Crippen LogP contribution is -2.28. The molecule has 0 fully saturated rings. The van der Waals surface area contributed by atoms with Crippen LogP contribution in [0.1, 0.15) is 28.4 Å². The van der Waals surface area contributed by atoms with Gasteiger partial charge in [0.2, 0.25) is 0 Å². The summed E-state index contributed by atoms with van der Waals surface area (Å²) in [5.74, 6) is 5.19. The van der Waals surface area contributed by atoms with Crippen LogP contribution in [0.15, 0.2) is 12.1 Å². The van der Waals surface area contributed by atoms with Crippen molar-refractivity contribution in [2.45, 2.75) is 26.9 Å². The van der Waals surface area contributed by atoms with E-state index in [1.807, 2.05) is 13.8 Å². The molecular weight excluding hydrogens is 176 g/mol. The van der Waals surface area contributed by atoms with E-state index in [1.54, 1.807) is 0 Å². The maximum atomic E-state index is 9.83. The zero-order valence-electron chi connectivity index (χ0n) is 8.96. The first-order chi connectivity index (χ1) is 6.56. The lowest BCUT2D eigenvalue weighted by atomic mass is 9.96. The third kappa shape index (κ3) is 2.32. The normalized spacial score (nSPS) is 12.9. The van der Waals surface area contributed by atoms with Gasteiger partial charge in [0.25, 0.3) is 0 Å². The highest BCUT2D eigenvalue weighted by Crippen LogP contribution is 2.22. The summed E-state index contributed by atoms with van der Waals surface area (Å²) in [4.78, 5) is 0. The van der Waals surface area contributed by atoms with E-state index in [-0.39, 0.29) is 0 Å². The van der Waals surface area contributed by atoms with Crippen molar-refractivity contribution in [1.82, 2.24) is 5.43 Å². The Bertz CT molecular complexity index is 300. The van der Waals surface area contributed by atoms with Gasteiger partial charge in [-0.3, -0.25) is 11.3 Å². The van der Waals surface area contributed by atoms with E-state index >= 15 is 0 Å². The van der Waals surface area contributed by atoms with Crippen molar-refractivity contribution in [3.63, 3.8) is 0 Å². The molecule has 1 aromatic carbocycles. The Labute approximate surface area is 84.9 Å². The maximum Gasteiger partial charge on any atom is 0.0933 e. The first-order valence-electron chi connectivity index (χ1n) is 4.75. The molecule has 0 aliphatic rings. The molecule has 0 aromatic heterocycles. The number of aryl methyl sites for hydroxylation is 3. The Hall–Kier alpha value is -0.900. The SMILES string of the molecule is Cc1cc(C)c(C(O)CNN)c(C)c1. The Balaban J connectivity index is 3.07. The van der Waals surface area contributed by atoms with E-state index in [0.717, 1.165) is 16.7 Å². The van der Waals surface area contributed by atoms with Crippen molar-refractivity contribution in [3.8, 4) is 0 Å². The molecule has 4 N–H and O–H groups in total. The molecule has 0 spiro atoms. The number of hydrogen-bond donors (Lipinski definition) is 3. The van der Waals surface area contributed by atoms with E-state index < -0.39 is 6.10 Å². The van der Waals surface area contributed by atoms with Crippen LogP contribution in [0.4, 0.5) is 0 Å². The predicted molar refractivity (Wildman–Crippen MR) is 57.8 cm³/mol. The number of aliphatic hydroxyl groups is 1. The quantitative estimate of drug-likeness (QED) is 0.499. The summed E-state index contributed by atoms with van der Waals surface area (Å²) in [6.07, 6.45) is -0.527. The van der Waals surface area contributed by atoms with Crippen LogP contribution in [-0.2, 0) is 0 Å². The lowest BCUT2D eigenvalue weighted by Gasteiger charge is -2.16. The number of aliphatic hydroxyl groups excluding tert-OH is 1. The molecule has 78 valence electrons. The average molecular weight is 194 g/mol. The molecule has 1 rings (SSSR count). The molecule has 14 heavy (non-hydrogen) atoms. The van der Waals surface area contributed by atoms with Gasteiger partial charge in [-0.15, -0.1) is 0 Å². The maximum absolute atomic E-state index is 9.83. The first-order valence-corrected chi connectivity index (χ1v) is 4.75. The van der Waals surface area contributed by atoms with Crippen LogP contribution >= 0.6 is 0 Å². The molecule has 3 heteroatoms. The van der Waals surface area contributed by atoms with E-state index in [9.17, 15) is 5.11 Å². The van der Waals surface area contributed by atoms with Gasteiger partial charge in [0.05, 0.1) is 6.10 Å². The number of hydrazine groups is 1. The van der Waals surface area contributed by atoms with Crippen LogP contribution in [-0.4, -0.2) is 11.7 Å². The van der Waals surface area contributed by atoms with Crippen LogP contribution in [0.25, 0.3) is 0 Å². The van der Waals surface area contributed by atoms with Crippen molar-refractivity contribution in [2.24, 2.45) is 5.84 Å². The molecule has 1 aromatic rings. The zero-order chi connectivity index (χ0) is 10.7. The largest absolute Gasteiger partial charge is 0.387 e. The number of rotatable bonds is 3. The summed E-state index contributed by atoms with van der Waals surface area (Å²) in [5.41, 5.74) is 6.92. The van der Waals surface area contributed by atoms with Gasteiger partial charge in [-0.05, 0) is 37.5 Å².